The Morgan fingerprint density at radius 3 is 1.45 bits per heavy atom. The summed E-state index contributed by atoms with van der Waals surface area (Å²) in [7, 11) is 0. The average molecular weight is 1160 g/mol. The molecule has 5 nitrogen and oxygen atoms in total. The summed E-state index contributed by atoms with van der Waals surface area (Å²) in [4.78, 5) is 8.23. The van der Waals surface area contributed by atoms with Crippen molar-refractivity contribution in [3.05, 3.63) is 172 Å². The zero-order chi connectivity index (χ0) is 61.6. The molecule has 88 heavy (non-hydrogen) atoms. The third-order valence-corrected chi connectivity index (χ3v) is 24.7. The van der Waals surface area contributed by atoms with Crippen molar-refractivity contribution in [3.63, 3.8) is 0 Å². The van der Waals surface area contributed by atoms with Gasteiger partial charge < -0.3 is 23.5 Å². The average Bonchev–Trinajstić information content (AvgIpc) is 1.48. The topological polar surface area (TPSA) is 36.0 Å². The van der Waals surface area contributed by atoms with E-state index in [9.17, 15) is 0 Å². The fraction of sp³-hybridized carbons (Fsp3) is 0.439. The summed E-state index contributed by atoms with van der Waals surface area (Å²) in [5.74, 6) is 0. The third kappa shape index (κ3) is 7.65. The fourth-order valence-corrected chi connectivity index (χ4v) is 18.6. The van der Waals surface area contributed by atoms with Crippen LogP contribution in [0.4, 0.5) is 45.5 Å². The monoisotopic (exact) mass is 1160 g/mol. The predicted molar refractivity (Wildman–Crippen MR) is 373 cm³/mol. The van der Waals surface area contributed by atoms with Crippen LogP contribution in [-0.2, 0) is 43.3 Å². The highest BCUT2D eigenvalue weighted by molar-refractivity contribution is 6.99. The minimum atomic E-state index is -0.379. The molecule has 7 aliphatic rings. The van der Waals surface area contributed by atoms with E-state index < -0.39 is 0 Å². The van der Waals surface area contributed by atoms with Crippen LogP contribution in [0, 0.1) is 0 Å². The van der Waals surface area contributed by atoms with Gasteiger partial charge in [0.2, 0.25) is 0 Å². The lowest BCUT2D eigenvalue weighted by Gasteiger charge is -2.51. The molecule has 9 aromatic rings. The van der Waals surface area contributed by atoms with E-state index in [2.05, 4.69) is 260 Å². The van der Waals surface area contributed by atoms with Gasteiger partial charge in [0, 0.05) is 50.2 Å². The molecular formula is C82H92BN3O2. The minimum absolute atomic E-state index is 0.0133. The molecule has 1 saturated carbocycles. The van der Waals surface area contributed by atoms with Crippen LogP contribution in [0.15, 0.2) is 136 Å². The highest BCUT2D eigenvalue weighted by atomic mass is 16.3. The molecule has 3 aliphatic heterocycles. The van der Waals surface area contributed by atoms with Crippen molar-refractivity contribution in [2.45, 2.75) is 231 Å². The Morgan fingerprint density at radius 2 is 0.886 bits per heavy atom. The van der Waals surface area contributed by atoms with Gasteiger partial charge in [-0.1, -0.05) is 184 Å². The number of para-hydroxylation sites is 1. The summed E-state index contributed by atoms with van der Waals surface area (Å²) in [6, 6.07) is 51.0. The molecule has 2 aromatic heterocycles. The van der Waals surface area contributed by atoms with E-state index in [1.807, 2.05) is 0 Å². The first-order valence-corrected chi connectivity index (χ1v) is 33.7. The van der Waals surface area contributed by atoms with Crippen molar-refractivity contribution < 1.29 is 8.83 Å². The third-order valence-electron chi connectivity index (χ3n) is 24.7. The first-order chi connectivity index (χ1) is 41.4. The predicted octanol–water partition coefficient (Wildman–Crippen LogP) is 21.0. The molecule has 0 spiro atoms. The highest BCUT2D eigenvalue weighted by Crippen LogP contribution is 2.63. The highest BCUT2D eigenvalue weighted by Gasteiger charge is 2.59. The Balaban J connectivity index is 1.10. The van der Waals surface area contributed by atoms with E-state index in [1.54, 1.807) is 0 Å². The molecule has 0 bridgehead atoms. The Bertz CT molecular complexity index is 4460. The molecule has 2 unspecified atom stereocenters. The molecule has 16 rings (SSSR count). The van der Waals surface area contributed by atoms with Gasteiger partial charge in [-0.05, 0) is 218 Å². The van der Waals surface area contributed by atoms with Gasteiger partial charge in [-0.25, -0.2) is 0 Å². The largest absolute Gasteiger partial charge is 0.468 e. The number of benzene rings is 7. The maximum atomic E-state index is 7.97. The van der Waals surface area contributed by atoms with Gasteiger partial charge in [-0.3, -0.25) is 0 Å². The zero-order valence-electron chi connectivity index (χ0n) is 55.9. The van der Waals surface area contributed by atoms with Gasteiger partial charge in [0.1, 0.15) is 22.5 Å². The van der Waals surface area contributed by atoms with E-state index in [-0.39, 0.29) is 55.6 Å². The van der Waals surface area contributed by atoms with Gasteiger partial charge in [0.25, 0.3) is 0 Å². The number of fused-ring (bicyclic) bond motifs is 14. The summed E-state index contributed by atoms with van der Waals surface area (Å²) >= 11 is 0. The molecule has 7 aromatic carbocycles. The molecule has 1 fully saturated rings. The van der Waals surface area contributed by atoms with Crippen LogP contribution in [0.25, 0.3) is 33.1 Å². The molecule has 5 heterocycles. The summed E-state index contributed by atoms with van der Waals surface area (Å²) in [6.07, 6.45) is 11.5. The molecule has 0 amide bonds. The molecular weight excluding hydrogens is 1070 g/mol. The first-order valence-electron chi connectivity index (χ1n) is 33.7. The molecule has 4 aliphatic carbocycles. The Morgan fingerprint density at radius 1 is 0.398 bits per heavy atom. The smallest absolute Gasteiger partial charge is 0.342 e. The maximum Gasteiger partial charge on any atom is 0.342 e. The second-order valence-corrected chi connectivity index (χ2v) is 34.0. The fourth-order valence-electron chi connectivity index (χ4n) is 18.6. The summed E-state index contributed by atoms with van der Waals surface area (Å²) in [5.41, 5.74) is 27.9. The quantitative estimate of drug-likeness (QED) is 0.164. The number of hydrogen-bond donors (Lipinski definition) is 0. The number of furan rings is 2. The van der Waals surface area contributed by atoms with Crippen molar-refractivity contribution in [2.75, 3.05) is 14.7 Å². The lowest BCUT2D eigenvalue weighted by atomic mass is 9.37. The zero-order valence-corrected chi connectivity index (χ0v) is 55.9. The molecule has 450 valence electrons. The number of anilines is 8. The standard InChI is InChI=1S/C82H92BN3O2/c1-74(2,3)50-29-32-63(53(41-50)49-25-19-18-20-26-49)85-66-44-52(86-64-28-22-21-27-57(64)81(16)33-23-24-34-82(81,86)17)43-65-69(66)83(73-71(85)55-46-60-62(48-68(55)88-73)80(14,15)40-38-78(60,10)11)72-70(54-45-59-61(47-67(54)87-72)79(12,13)39-37-77(59,8)9)84(65)51-30-31-56-58(42-51)76(6,7)36-35-75(56,4)5/h18-22,25-32,41-48H,23-24,33-40H2,1-17H3. The summed E-state index contributed by atoms with van der Waals surface area (Å²) in [5, 5.41) is 2.34. The first kappa shape index (κ1) is 56.3. The van der Waals surface area contributed by atoms with Crippen LogP contribution in [0.1, 0.15) is 226 Å². The van der Waals surface area contributed by atoms with Crippen LogP contribution in [0.3, 0.4) is 0 Å². The van der Waals surface area contributed by atoms with E-state index in [4.69, 9.17) is 8.83 Å². The summed E-state index contributed by atoms with van der Waals surface area (Å²) < 4.78 is 15.9. The van der Waals surface area contributed by atoms with Crippen LogP contribution in [-0.4, -0.2) is 12.3 Å². The SMILES string of the molecule is CC(C)(C)c1ccc(N2c3cc(N4c5ccccc5C5(C)CCCCC45C)cc4c3B(c3oc5cc6c(cc5c3N4c3ccc4c(c3)C(C)(C)CCC4(C)C)C(C)(C)CCC6(C)C)c3oc4cc5c(cc4c32)C(C)(C)CCC5(C)C)c(-c2ccccc2)c1. The van der Waals surface area contributed by atoms with Crippen molar-refractivity contribution in [2.24, 2.45) is 0 Å². The normalized spacial score (nSPS) is 23.6. The van der Waals surface area contributed by atoms with Gasteiger partial charge in [0.15, 0.2) is 0 Å². The van der Waals surface area contributed by atoms with E-state index >= 15 is 0 Å². The van der Waals surface area contributed by atoms with Crippen LogP contribution < -0.4 is 31.5 Å². The van der Waals surface area contributed by atoms with Gasteiger partial charge >= 0.3 is 6.71 Å². The van der Waals surface area contributed by atoms with Crippen molar-refractivity contribution in [1.82, 2.24) is 0 Å². The van der Waals surface area contributed by atoms with Crippen LogP contribution in [0.2, 0.25) is 0 Å². The van der Waals surface area contributed by atoms with Crippen molar-refractivity contribution in [3.8, 4) is 11.1 Å². The van der Waals surface area contributed by atoms with Gasteiger partial charge in [-0.15, -0.1) is 0 Å². The second-order valence-electron chi connectivity index (χ2n) is 34.0. The second kappa shape index (κ2) is 17.9. The van der Waals surface area contributed by atoms with Gasteiger partial charge in [-0.2, -0.15) is 0 Å². The molecule has 0 saturated heterocycles. The van der Waals surface area contributed by atoms with Crippen molar-refractivity contribution in [1.29, 1.82) is 0 Å². The van der Waals surface area contributed by atoms with Crippen LogP contribution in [0.5, 0.6) is 0 Å². The Kier molecular flexibility index (Phi) is 11.5. The maximum absolute atomic E-state index is 7.97. The van der Waals surface area contributed by atoms with Gasteiger partial charge in [0.05, 0.1) is 22.6 Å². The Labute approximate surface area is 525 Å². The molecule has 0 radical (unpaired) electrons. The lowest BCUT2D eigenvalue weighted by Crippen LogP contribution is -2.60. The lowest BCUT2D eigenvalue weighted by molar-refractivity contribution is 0.195. The number of nitrogens with zero attached hydrogens (tertiary/aromatic N) is 3. The summed E-state index contributed by atoms with van der Waals surface area (Å²) in [6.45, 7) is 41.4. The van der Waals surface area contributed by atoms with Crippen LogP contribution >= 0.6 is 0 Å². The molecule has 2 atom stereocenters. The number of hydrogen-bond acceptors (Lipinski definition) is 5. The number of rotatable bonds is 4. The Hall–Kier alpha value is -6.92. The van der Waals surface area contributed by atoms with E-state index in [0.29, 0.717) is 0 Å². The molecule has 0 N–H and O–H groups in total. The molecule has 6 heteroatoms. The van der Waals surface area contributed by atoms with Crippen molar-refractivity contribution >= 4 is 90.9 Å². The van der Waals surface area contributed by atoms with E-state index in [1.165, 1.54) is 108 Å². The minimum Gasteiger partial charge on any atom is -0.468 e. The van der Waals surface area contributed by atoms with E-state index in [0.717, 1.165) is 96.3 Å².